The molecule has 302 valence electrons. The third-order valence-electron chi connectivity index (χ3n) is 11.2. The molecule has 3 aliphatic rings. The lowest BCUT2D eigenvalue weighted by Gasteiger charge is -2.35. The Labute approximate surface area is 341 Å². The van der Waals surface area contributed by atoms with Crippen LogP contribution in [0.4, 0.5) is 16.3 Å². The number of benzene rings is 3. The minimum absolute atomic E-state index is 0.0605. The molecule has 16 nitrogen and oxygen atoms in total. The van der Waals surface area contributed by atoms with E-state index in [9.17, 15) is 14.4 Å². The Bertz CT molecular complexity index is 2510. The fourth-order valence-corrected chi connectivity index (χ4v) is 8.22. The van der Waals surface area contributed by atoms with Crippen LogP contribution in [0.25, 0.3) is 22.4 Å². The molecule has 6 heterocycles. The summed E-state index contributed by atoms with van der Waals surface area (Å²) in [4.78, 5) is 57.1. The van der Waals surface area contributed by atoms with E-state index in [1.54, 1.807) is 33.8 Å². The second-order valence-corrected chi connectivity index (χ2v) is 16.3. The Morgan fingerprint density at radius 1 is 0.763 bits per heavy atom. The molecular weight excluding hydrogens is 749 g/mol. The molecular formula is C43H46N12O4. The molecule has 0 N–H and O–H groups in total. The molecule has 59 heavy (non-hydrogen) atoms. The van der Waals surface area contributed by atoms with Gasteiger partial charge < -0.3 is 19.4 Å². The highest BCUT2D eigenvalue weighted by molar-refractivity contribution is 6.00. The molecule has 0 spiro atoms. The van der Waals surface area contributed by atoms with Crippen LogP contribution >= 0.6 is 0 Å². The number of piperazine rings is 1. The summed E-state index contributed by atoms with van der Waals surface area (Å²) in [5.74, 6) is 0.491. The number of carbonyl (C=O) groups excluding carboxylic acids is 3. The molecule has 0 atom stereocenters. The molecule has 3 aromatic heterocycles. The Kier molecular flexibility index (Phi) is 9.98. The zero-order chi connectivity index (χ0) is 40.7. The van der Waals surface area contributed by atoms with Gasteiger partial charge >= 0.3 is 6.09 Å². The summed E-state index contributed by atoms with van der Waals surface area (Å²) >= 11 is 0. The van der Waals surface area contributed by atoms with Gasteiger partial charge in [0, 0.05) is 62.5 Å². The van der Waals surface area contributed by atoms with E-state index in [4.69, 9.17) is 4.74 Å². The number of nitrogens with zero attached hydrogens (tertiary/aromatic N) is 12. The Morgan fingerprint density at radius 2 is 1.47 bits per heavy atom. The van der Waals surface area contributed by atoms with Gasteiger partial charge in [0.15, 0.2) is 17.0 Å². The third kappa shape index (κ3) is 7.69. The number of anilines is 2. The number of ether oxygens (including phenoxy) is 1. The van der Waals surface area contributed by atoms with Crippen LogP contribution in [0.15, 0.2) is 85.3 Å². The SMILES string of the molecule is CC(C)(C)OC(=O)N1CCc2cccc(-c3cn(C4CCN(C(=O)c5cccc(C(=O)N6CCN(c7ncnc8c7nnn8Cc7ccccc7)CC6)c5)CC4)nn3)c21. The van der Waals surface area contributed by atoms with Crippen LogP contribution < -0.4 is 9.80 Å². The molecule has 3 aliphatic heterocycles. The van der Waals surface area contributed by atoms with Crippen molar-refractivity contribution >= 4 is 40.6 Å². The topological polar surface area (TPSA) is 161 Å². The number of hydrogen-bond acceptors (Lipinski definition) is 11. The van der Waals surface area contributed by atoms with Crippen molar-refractivity contribution in [1.29, 1.82) is 0 Å². The van der Waals surface area contributed by atoms with Crippen molar-refractivity contribution in [3.63, 3.8) is 0 Å². The van der Waals surface area contributed by atoms with Gasteiger partial charge in [0.1, 0.15) is 17.6 Å². The molecule has 6 aromatic rings. The van der Waals surface area contributed by atoms with Gasteiger partial charge in [0.25, 0.3) is 11.8 Å². The van der Waals surface area contributed by atoms with E-state index < -0.39 is 5.60 Å². The summed E-state index contributed by atoms with van der Waals surface area (Å²) in [6.45, 7) is 9.91. The fraction of sp³-hybridized carbons (Fsp3) is 0.372. The van der Waals surface area contributed by atoms with Gasteiger partial charge in [-0.2, -0.15) is 0 Å². The molecule has 2 saturated heterocycles. The Morgan fingerprint density at radius 3 is 2.20 bits per heavy atom. The van der Waals surface area contributed by atoms with Crippen molar-refractivity contribution in [2.75, 3.05) is 55.6 Å². The van der Waals surface area contributed by atoms with Crippen molar-refractivity contribution in [2.45, 2.75) is 58.2 Å². The summed E-state index contributed by atoms with van der Waals surface area (Å²) in [5.41, 5.74) is 6.19. The van der Waals surface area contributed by atoms with Crippen LogP contribution in [-0.2, 0) is 17.7 Å². The van der Waals surface area contributed by atoms with E-state index in [0.717, 1.165) is 28.8 Å². The van der Waals surface area contributed by atoms with E-state index in [1.807, 2.05) is 90.0 Å². The summed E-state index contributed by atoms with van der Waals surface area (Å²) < 4.78 is 9.36. The number of fused-ring (bicyclic) bond motifs is 2. The summed E-state index contributed by atoms with van der Waals surface area (Å²) in [6.07, 6.45) is 5.25. The smallest absolute Gasteiger partial charge is 0.414 e. The van der Waals surface area contributed by atoms with Gasteiger partial charge in [-0.25, -0.2) is 24.1 Å². The zero-order valence-corrected chi connectivity index (χ0v) is 33.4. The maximum atomic E-state index is 13.8. The van der Waals surface area contributed by atoms with Gasteiger partial charge in [-0.1, -0.05) is 65.0 Å². The first-order valence-corrected chi connectivity index (χ1v) is 20.2. The number of likely N-dealkylation sites (tertiary alicyclic amines) is 1. The molecule has 0 bridgehead atoms. The molecule has 0 aliphatic carbocycles. The van der Waals surface area contributed by atoms with Gasteiger partial charge in [0.2, 0.25) is 0 Å². The van der Waals surface area contributed by atoms with Crippen molar-refractivity contribution in [2.24, 2.45) is 0 Å². The van der Waals surface area contributed by atoms with Crippen molar-refractivity contribution < 1.29 is 19.1 Å². The van der Waals surface area contributed by atoms with Crippen molar-refractivity contribution in [1.82, 2.24) is 49.8 Å². The van der Waals surface area contributed by atoms with Crippen molar-refractivity contribution in [3.8, 4) is 11.3 Å². The van der Waals surface area contributed by atoms with E-state index in [-0.39, 0.29) is 23.9 Å². The normalized spacial score (nSPS) is 16.1. The highest BCUT2D eigenvalue weighted by Gasteiger charge is 2.33. The van der Waals surface area contributed by atoms with Gasteiger partial charge in [-0.05, 0) is 69.4 Å². The van der Waals surface area contributed by atoms with Crippen LogP contribution in [0, 0.1) is 0 Å². The first-order valence-electron chi connectivity index (χ1n) is 20.2. The second-order valence-electron chi connectivity index (χ2n) is 16.3. The molecule has 3 aromatic carbocycles. The maximum absolute atomic E-state index is 13.8. The molecule has 9 rings (SSSR count). The number of aromatic nitrogens is 8. The number of carbonyl (C=O) groups is 3. The van der Waals surface area contributed by atoms with Crippen LogP contribution in [0.5, 0.6) is 0 Å². The van der Waals surface area contributed by atoms with Gasteiger partial charge in [0.05, 0.1) is 24.5 Å². The number of para-hydroxylation sites is 1. The van der Waals surface area contributed by atoms with E-state index in [1.165, 1.54) is 6.33 Å². The van der Waals surface area contributed by atoms with Crippen molar-refractivity contribution in [3.05, 3.63) is 108 Å². The number of amides is 3. The Balaban J connectivity index is 0.807. The first-order chi connectivity index (χ1) is 28.6. The summed E-state index contributed by atoms with van der Waals surface area (Å²) in [7, 11) is 0. The highest BCUT2D eigenvalue weighted by Crippen LogP contribution is 2.39. The Hall–Kier alpha value is -6.71. The predicted octanol–water partition coefficient (Wildman–Crippen LogP) is 5.27. The lowest BCUT2D eigenvalue weighted by molar-refractivity contribution is 0.0582. The molecule has 2 fully saturated rings. The molecule has 0 saturated carbocycles. The molecule has 3 amide bonds. The standard InChI is InChI=1S/C43H46N12O4/c1-43(2,3)59-42(58)53-20-15-30-11-8-14-34(37(30)53)35-27-54(48-46-35)33-16-18-51(19-17-33)40(56)31-12-7-13-32(25-31)41(57)52-23-21-50(22-24-52)38-36-39(45-28-44-38)55(49-47-36)26-29-9-5-4-6-10-29/h4-14,25,27-28,33H,15-24,26H2,1-3H3. The van der Waals surface area contributed by atoms with Crippen LogP contribution in [0.3, 0.4) is 0 Å². The summed E-state index contributed by atoms with van der Waals surface area (Å²) in [6, 6.07) is 23.1. The van der Waals surface area contributed by atoms with Gasteiger partial charge in [-0.3, -0.25) is 14.5 Å². The molecule has 0 unspecified atom stereocenters. The third-order valence-corrected chi connectivity index (χ3v) is 11.2. The lowest BCUT2D eigenvalue weighted by Crippen LogP contribution is -2.49. The van der Waals surface area contributed by atoms with Crippen LogP contribution in [-0.4, -0.2) is 119 Å². The molecule has 16 heteroatoms. The largest absolute Gasteiger partial charge is 0.443 e. The monoisotopic (exact) mass is 794 g/mol. The second kappa shape index (κ2) is 15.6. The van der Waals surface area contributed by atoms with Crippen LogP contribution in [0.2, 0.25) is 0 Å². The lowest BCUT2D eigenvalue weighted by atomic mass is 10.0. The molecule has 0 radical (unpaired) electrons. The minimum atomic E-state index is -0.604. The quantitative estimate of drug-likeness (QED) is 0.207. The average molecular weight is 795 g/mol. The summed E-state index contributed by atoms with van der Waals surface area (Å²) in [5, 5.41) is 17.8. The minimum Gasteiger partial charge on any atom is -0.443 e. The fourth-order valence-electron chi connectivity index (χ4n) is 8.22. The number of piperidine rings is 1. The maximum Gasteiger partial charge on any atom is 0.414 e. The highest BCUT2D eigenvalue weighted by atomic mass is 16.6. The number of rotatable bonds is 7. The van der Waals surface area contributed by atoms with E-state index in [2.05, 4.69) is 35.5 Å². The average Bonchev–Trinajstić information content (AvgIpc) is 4.03. The van der Waals surface area contributed by atoms with Gasteiger partial charge in [-0.15, -0.1) is 10.2 Å². The van der Waals surface area contributed by atoms with E-state index >= 15 is 0 Å². The van der Waals surface area contributed by atoms with Crippen LogP contribution in [0.1, 0.15) is 71.5 Å². The predicted molar refractivity (Wildman–Crippen MR) is 220 cm³/mol. The van der Waals surface area contributed by atoms with E-state index in [0.29, 0.717) is 99.0 Å². The first kappa shape index (κ1) is 37.8. The zero-order valence-electron chi connectivity index (χ0n) is 33.4. The number of hydrogen-bond donors (Lipinski definition) is 0.